The lowest BCUT2D eigenvalue weighted by molar-refractivity contribution is -0.136. The second kappa shape index (κ2) is 5.49. The Kier molecular flexibility index (Phi) is 4.28. The van der Waals surface area contributed by atoms with Gasteiger partial charge >= 0.3 is 5.97 Å². The van der Waals surface area contributed by atoms with Gasteiger partial charge in [-0.1, -0.05) is 19.9 Å². The molecule has 82 valence electrons. The lowest BCUT2D eigenvalue weighted by Gasteiger charge is -2.05. The van der Waals surface area contributed by atoms with Crippen LogP contribution in [0.1, 0.15) is 31.7 Å². The van der Waals surface area contributed by atoms with Crippen molar-refractivity contribution in [2.45, 2.75) is 33.1 Å². The third-order valence-corrected chi connectivity index (χ3v) is 2.08. The molecule has 3 nitrogen and oxygen atoms in total. The number of carboxylic acids is 1. The van der Waals surface area contributed by atoms with Gasteiger partial charge in [-0.15, -0.1) is 0 Å². The summed E-state index contributed by atoms with van der Waals surface area (Å²) in [5.41, 5.74) is 1.92. The average molecular weight is 207 g/mol. The van der Waals surface area contributed by atoms with Gasteiger partial charge in [0.05, 0.1) is 6.42 Å². The second-order valence-corrected chi connectivity index (χ2v) is 4.11. The van der Waals surface area contributed by atoms with Crippen LogP contribution in [-0.4, -0.2) is 16.1 Å². The van der Waals surface area contributed by atoms with E-state index in [4.69, 9.17) is 5.11 Å². The Labute approximate surface area is 90.2 Å². The van der Waals surface area contributed by atoms with Crippen LogP contribution < -0.4 is 0 Å². The molecule has 0 amide bonds. The summed E-state index contributed by atoms with van der Waals surface area (Å²) >= 11 is 0. The lowest BCUT2D eigenvalue weighted by Crippen LogP contribution is -2.02. The number of carbonyl (C=O) groups is 1. The van der Waals surface area contributed by atoms with Crippen LogP contribution in [0.25, 0.3) is 0 Å². The highest BCUT2D eigenvalue weighted by Gasteiger charge is 2.03. The van der Waals surface area contributed by atoms with Gasteiger partial charge in [0, 0.05) is 17.8 Å². The van der Waals surface area contributed by atoms with Crippen LogP contribution in [-0.2, 0) is 17.6 Å². The third kappa shape index (κ3) is 4.58. The Morgan fingerprint density at radius 2 is 2.07 bits per heavy atom. The molecule has 0 saturated carbocycles. The van der Waals surface area contributed by atoms with Crippen molar-refractivity contribution in [2.75, 3.05) is 0 Å². The first-order valence-electron chi connectivity index (χ1n) is 5.24. The van der Waals surface area contributed by atoms with Crippen molar-refractivity contribution in [2.24, 2.45) is 5.92 Å². The normalized spacial score (nSPS) is 10.6. The van der Waals surface area contributed by atoms with Crippen LogP contribution in [0.2, 0.25) is 0 Å². The van der Waals surface area contributed by atoms with E-state index < -0.39 is 5.97 Å². The van der Waals surface area contributed by atoms with Crippen molar-refractivity contribution in [3.05, 3.63) is 29.6 Å². The lowest BCUT2D eigenvalue weighted by atomic mass is 10.1. The molecule has 0 bridgehead atoms. The summed E-state index contributed by atoms with van der Waals surface area (Å²) in [6.45, 7) is 4.29. The summed E-state index contributed by atoms with van der Waals surface area (Å²) in [7, 11) is 0. The molecule has 0 radical (unpaired) electrons. The highest BCUT2D eigenvalue weighted by Crippen LogP contribution is 2.07. The highest BCUT2D eigenvalue weighted by molar-refractivity contribution is 5.66. The zero-order valence-electron chi connectivity index (χ0n) is 9.23. The van der Waals surface area contributed by atoms with E-state index in [9.17, 15) is 4.79 Å². The Hall–Kier alpha value is -1.38. The number of aliphatic carboxylic acids is 1. The monoisotopic (exact) mass is 207 g/mol. The maximum Gasteiger partial charge on any atom is 0.303 e. The number of rotatable bonds is 5. The summed E-state index contributed by atoms with van der Waals surface area (Å²) < 4.78 is 0. The average Bonchev–Trinajstić information content (AvgIpc) is 2.14. The largest absolute Gasteiger partial charge is 0.481 e. The van der Waals surface area contributed by atoms with Gasteiger partial charge in [0.2, 0.25) is 0 Å². The van der Waals surface area contributed by atoms with Crippen molar-refractivity contribution < 1.29 is 9.90 Å². The number of hydrogen-bond donors (Lipinski definition) is 1. The van der Waals surface area contributed by atoms with Crippen molar-refractivity contribution in [1.82, 2.24) is 4.98 Å². The number of pyridine rings is 1. The predicted molar refractivity (Wildman–Crippen MR) is 58.7 cm³/mol. The summed E-state index contributed by atoms with van der Waals surface area (Å²) in [5.74, 6) is -0.196. The van der Waals surface area contributed by atoms with Gasteiger partial charge in [0.15, 0.2) is 0 Å². The summed E-state index contributed by atoms with van der Waals surface area (Å²) in [5, 5.41) is 8.56. The Morgan fingerprint density at radius 1 is 1.40 bits per heavy atom. The molecule has 0 saturated heterocycles. The summed E-state index contributed by atoms with van der Waals surface area (Å²) in [6, 6.07) is 5.82. The molecule has 0 atom stereocenters. The number of hydrogen-bond acceptors (Lipinski definition) is 2. The molecule has 0 unspecified atom stereocenters. The molecule has 1 N–H and O–H groups in total. The molecule has 1 aromatic heterocycles. The molecule has 1 aromatic rings. The van der Waals surface area contributed by atoms with Crippen molar-refractivity contribution in [1.29, 1.82) is 0 Å². The number of aryl methyl sites for hydroxylation is 1. The van der Waals surface area contributed by atoms with Gasteiger partial charge in [-0.05, 0) is 24.5 Å². The Balaban J connectivity index is 2.61. The zero-order valence-corrected chi connectivity index (χ0v) is 9.23. The van der Waals surface area contributed by atoms with E-state index in [0.29, 0.717) is 12.3 Å². The third-order valence-electron chi connectivity index (χ3n) is 2.08. The van der Waals surface area contributed by atoms with Gasteiger partial charge in [0.1, 0.15) is 0 Å². The molecule has 0 spiro atoms. The Bertz CT molecular complexity index is 334. The molecular formula is C12H17NO2. The van der Waals surface area contributed by atoms with E-state index in [0.717, 1.165) is 17.8 Å². The number of aromatic nitrogens is 1. The van der Waals surface area contributed by atoms with Crippen LogP contribution in [0.5, 0.6) is 0 Å². The molecule has 1 rings (SSSR count). The van der Waals surface area contributed by atoms with Gasteiger partial charge < -0.3 is 5.11 Å². The fraction of sp³-hybridized carbons (Fsp3) is 0.500. The summed E-state index contributed by atoms with van der Waals surface area (Å²) in [4.78, 5) is 14.8. The first-order chi connectivity index (χ1) is 7.08. The molecule has 0 aromatic carbocycles. The molecule has 0 aliphatic heterocycles. The molecule has 0 aliphatic carbocycles. The predicted octanol–water partition coefficient (Wildman–Crippen LogP) is 2.30. The standard InChI is InChI=1S/C12H17NO2/c1-9(2)8-11-5-3-4-10(13-11)6-7-12(14)15/h3-5,9H,6-8H2,1-2H3,(H,14,15). The van der Waals surface area contributed by atoms with Crippen LogP contribution in [0, 0.1) is 5.92 Å². The fourth-order valence-electron chi connectivity index (χ4n) is 1.44. The minimum atomic E-state index is -0.772. The van der Waals surface area contributed by atoms with Gasteiger partial charge in [-0.3, -0.25) is 9.78 Å². The van der Waals surface area contributed by atoms with E-state index in [2.05, 4.69) is 18.8 Å². The van der Waals surface area contributed by atoms with E-state index in [1.807, 2.05) is 18.2 Å². The molecule has 15 heavy (non-hydrogen) atoms. The van der Waals surface area contributed by atoms with Crippen molar-refractivity contribution >= 4 is 5.97 Å². The minimum Gasteiger partial charge on any atom is -0.481 e. The summed E-state index contributed by atoms with van der Waals surface area (Å²) in [6.07, 6.45) is 1.61. The zero-order chi connectivity index (χ0) is 11.3. The first kappa shape index (κ1) is 11.7. The number of nitrogens with zero attached hydrogens (tertiary/aromatic N) is 1. The van der Waals surface area contributed by atoms with Gasteiger partial charge in [-0.25, -0.2) is 0 Å². The molecular weight excluding hydrogens is 190 g/mol. The first-order valence-corrected chi connectivity index (χ1v) is 5.24. The smallest absolute Gasteiger partial charge is 0.303 e. The fourth-order valence-corrected chi connectivity index (χ4v) is 1.44. The van der Waals surface area contributed by atoms with Gasteiger partial charge in [-0.2, -0.15) is 0 Å². The molecule has 0 aliphatic rings. The quantitative estimate of drug-likeness (QED) is 0.806. The topological polar surface area (TPSA) is 50.2 Å². The van der Waals surface area contributed by atoms with E-state index >= 15 is 0 Å². The van der Waals surface area contributed by atoms with E-state index in [-0.39, 0.29) is 6.42 Å². The Morgan fingerprint density at radius 3 is 2.67 bits per heavy atom. The van der Waals surface area contributed by atoms with Gasteiger partial charge in [0.25, 0.3) is 0 Å². The minimum absolute atomic E-state index is 0.151. The second-order valence-electron chi connectivity index (χ2n) is 4.11. The molecule has 0 fully saturated rings. The van der Waals surface area contributed by atoms with Crippen LogP contribution in [0.15, 0.2) is 18.2 Å². The van der Waals surface area contributed by atoms with E-state index in [1.54, 1.807) is 0 Å². The molecule has 3 heteroatoms. The maximum absolute atomic E-state index is 10.4. The van der Waals surface area contributed by atoms with Crippen LogP contribution in [0.3, 0.4) is 0 Å². The van der Waals surface area contributed by atoms with E-state index in [1.165, 1.54) is 0 Å². The maximum atomic E-state index is 10.4. The van der Waals surface area contributed by atoms with Crippen LogP contribution in [0.4, 0.5) is 0 Å². The van der Waals surface area contributed by atoms with Crippen molar-refractivity contribution in [3.8, 4) is 0 Å². The van der Waals surface area contributed by atoms with Crippen molar-refractivity contribution in [3.63, 3.8) is 0 Å². The highest BCUT2D eigenvalue weighted by atomic mass is 16.4. The van der Waals surface area contributed by atoms with Crippen LogP contribution >= 0.6 is 0 Å². The SMILES string of the molecule is CC(C)Cc1cccc(CCC(=O)O)n1. The number of carboxylic acid groups (broad SMARTS) is 1. The molecule has 1 heterocycles.